The van der Waals surface area contributed by atoms with Crippen molar-refractivity contribution in [1.82, 2.24) is 14.1 Å². The molecule has 34 heavy (non-hydrogen) atoms. The minimum Gasteiger partial charge on any atom is -0.493 e. The highest BCUT2D eigenvalue weighted by atomic mass is 35.5. The van der Waals surface area contributed by atoms with Gasteiger partial charge < -0.3 is 14.5 Å². The molecule has 0 unspecified atom stereocenters. The van der Waals surface area contributed by atoms with E-state index in [9.17, 15) is 13.2 Å². The van der Waals surface area contributed by atoms with Gasteiger partial charge in [0.2, 0.25) is 15.9 Å². The zero-order chi connectivity index (χ0) is 24.2. The van der Waals surface area contributed by atoms with Crippen LogP contribution in [0.5, 0.6) is 5.75 Å². The summed E-state index contributed by atoms with van der Waals surface area (Å²) < 4.78 is 34.5. The Morgan fingerprint density at radius 3 is 2.47 bits per heavy atom. The molecule has 2 aliphatic rings. The Bertz CT molecular complexity index is 1090. The number of benzene rings is 2. The van der Waals surface area contributed by atoms with Gasteiger partial charge >= 0.3 is 0 Å². The summed E-state index contributed by atoms with van der Waals surface area (Å²) in [5.41, 5.74) is -0.611. The summed E-state index contributed by atoms with van der Waals surface area (Å²) in [7, 11) is -1.69. The van der Waals surface area contributed by atoms with Crippen molar-refractivity contribution in [3.05, 3.63) is 59.6 Å². The van der Waals surface area contributed by atoms with Gasteiger partial charge in [0.15, 0.2) is 0 Å². The third-order valence-electron chi connectivity index (χ3n) is 6.73. The van der Waals surface area contributed by atoms with Crippen LogP contribution < -0.4 is 4.74 Å². The zero-order valence-electron chi connectivity index (χ0n) is 19.5. The molecule has 0 spiro atoms. The van der Waals surface area contributed by atoms with Crippen molar-refractivity contribution >= 4 is 27.5 Å². The molecule has 2 heterocycles. The predicted molar refractivity (Wildman–Crippen MR) is 133 cm³/mol. The second-order valence-electron chi connectivity index (χ2n) is 9.36. The monoisotopic (exact) mass is 505 g/mol. The zero-order valence-corrected chi connectivity index (χ0v) is 21.1. The predicted octanol–water partition coefficient (Wildman–Crippen LogP) is 3.35. The smallest absolute Gasteiger partial charge is 0.243 e. The highest BCUT2D eigenvalue weighted by Crippen LogP contribution is 2.37. The maximum Gasteiger partial charge on any atom is 0.243 e. The largest absolute Gasteiger partial charge is 0.493 e. The minimum absolute atomic E-state index is 0.0618. The lowest BCUT2D eigenvalue weighted by atomic mass is 9.78. The molecule has 2 aromatic rings. The molecule has 0 aromatic heterocycles. The minimum atomic E-state index is -3.74. The molecular weight excluding hydrogens is 474 g/mol. The summed E-state index contributed by atoms with van der Waals surface area (Å²) in [5.74, 6) is 0.774. The third kappa shape index (κ3) is 5.92. The van der Waals surface area contributed by atoms with E-state index in [1.165, 1.54) is 10.4 Å². The molecule has 1 atom stereocenters. The van der Waals surface area contributed by atoms with Crippen LogP contribution >= 0.6 is 11.6 Å². The van der Waals surface area contributed by atoms with E-state index in [2.05, 4.69) is 11.9 Å². The summed E-state index contributed by atoms with van der Waals surface area (Å²) in [5, 5.41) is 0.377. The van der Waals surface area contributed by atoms with Gasteiger partial charge in [-0.05, 0) is 50.2 Å². The van der Waals surface area contributed by atoms with Crippen molar-refractivity contribution in [2.45, 2.75) is 24.2 Å². The van der Waals surface area contributed by atoms with E-state index >= 15 is 0 Å². The Hall–Kier alpha value is -2.13. The third-order valence-corrected chi connectivity index (χ3v) is 8.81. The molecule has 2 saturated heterocycles. The summed E-state index contributed by atoms with van der Waals surface area (Å²) in [6.07, 6.45) is 1.64. The maximum absolute atomic E-state index is 13.5. The van der Waals surface area contributed by atoms with Gasteiger partial charge in [-0.15, -0.1) is 0 Å². The molecule has 1 amide bonds. The van der Waals surface area contributed by atoms with Gasteiger partial charge in [0.25, 0.3) is 0 Å². The number of amides is 1. The number of sulfonamides is 1. The molecule has 0 saturated carbocycles. The first-order chi connectivity index (χ1) is 16.3. The Balaban J connectivity index is 1.56. The number of para-hydroxylation sites is 1. The number of piperidine rings is 1. The maximum atomic E-state index is 13.5. The first-order valence-corrected chi connectivity index (χ1v) is 13.5. The van der Waals surface area contributed by atoms with Gasteiger partial charge in [0.1, 0.15) is 5.75 Å². The van der Waals surface area contributed by atoms with Crippen molar-refractivity contribution < 1.29 is 17.9 Å². The lowest BCUT2D eigenvalue weighted by molar-refractivity contribution is -0.136. The fourth-order valence-corrected chi connectivity index (χ4v) is 6.59. The van der Waals surface area contributed by atoms with E-state index < -0.39 is 15.4 Å². The van der Waals surface area contributed by atoms with Crippen LogP contribution in [-0.2, 0) is 14.8 Å². The summed E-state index contributed by atoms with van der Waals surface area (Å²) in [4.78, 5) is 17.6. The number of nitrogens with zero attached hydrogens (tertiary/aromatic N) is 3. The molecule has 2 aliphatic heterocycles. The molecule has 2 fully saturated rings. The van der Waals surface area contributed by atoms with Gasteiger partial charge in [-0.25, -0.2) is 8.42 Å². The molecule has 2 aromatic carbocycles. The normalized spacial score (nSPS) is 22.5. The fraction of sp³-hybridized carbons (Fsp3) is 0.480. The Morgan fingerprint density at radius 2 is 1.76 bits per heavy atom. The van der Waals surface area contributed by atoms with E-state index in [4.69, 9.17) is 16.3 Å². The van der Waals surface area contributed by atoms with Crippen molar-refractivity contribution in [2.24, 2.45) is 5.41 Å². The van der Waals surface area contributed by atoms with Gasteiger partial charge in [-0.2, -0.15) is 4.31 Å². The van der Waals surface area contributed by atoms with E-state index in [-0.39, 0.29) is 30.4 Å². The highest BCUT2D eigenvalue weighted by molar-refractivity contribution is 7.89. The van der Waals surface area contributed by atoms with Crippen LogP contribution in [0.3, 0.4) is 0 Å². The number of carbonyl (C=O) groups is 1. The Morgan fingerprint density at radius 1 is 1.03 bits per heavy atom. The standard InChI is InChI=1S/C25H32ClN3O4S/c1-27-13-15-28(16-14-27)24(30)18-25(20-33-22-8-3-2-4-9-22)11-6-12-29(19-25)34(31,32)23-10-5-7-21(26)17-23/h2-5,7-10,17H,6,11-16,18-20H2,1H3/t25-/m1/s1. The molecule has 4 rings (SSSR count). The number of likely N-dealkylation sites (N-methyl/N-ethyl adjacent to an activating group) is 1. The number of carbonyl (C=O) groups excluding carboxylic acids is 1. The van der Waals surface area contributed by atoms with E-state index in [1.807, 2.05) is 35.2 Å². The molecule has 7 nitrogen and oxygen atoms in total. The van der Waals surface area contributed by atoms with Crippen LogP contribution in [0.25, 0.3) is 0 Å². The van der Waals surface area contributed by atoms with Crippen molar-refractivity contribution in [3.63, 3.8) is 0 Å². The van der Waals surface area contributed by atoms with Gasteiger partial charge in [-0.1, -0.05) is 35.9 Å². The van der Waals surface area contributed by atoms with Gasteiger partial charge in [-0.3, -0.25) is 4.79 Å². The van der Waals surface area contributed by atoms with E-state index in [0.717, 1.165) is 19.5 Å². The topological polar surface area (TPSA) is 70.2 Å². The Kier molecular flexibility index (Phi) is 7.82. The van der Waals surface area contributed by atoms with Crippen LogP contribution in [0, 0.1) is 5.41 Å². The first kappa shape index (κ1) is 25.0. The Labute approximate surface area is 207 Å². The van der Waals surface area contributed by atoms with Crippen LogP contribution in [0.4, 0.5) is 0 Å². The van der Waals surface area contributed by atoms with E-state index in [1.54, 1.807) is 18.2 Å². The van der Waals surface area contributed by atoms with Crippen molar-refractivity contribution in [1.29, 1.82) is 0 Å². The number of ether oxygens (including phenoxy) is 1. The fourth-order valence-electron chi connectivity index (χ4n) is 4.70. The van der Waals surface area contributed by atoms with Crippen LogP contribution in [0.2, 0.25) is 5.02 Å². The van der Waals surface area contributed by atoms with Crippen LogP contribution in [-0.4, -0.2) is 81.4 Å². The van der Waals surface area contributed by atoms with Crippen LogP contribution in [0.1, 0.15) is 19.3 Å². The molecule has 184 valence electrons. The second kappa shape index (κ2) is 10.6. The van der Waals surface area contributed by atoms with Gasteiger partial charge in [0.05, 0.1) is 11.5 Å². The second-order valence-corrected chi connectivity index (χ2v) is 11.7. The molecule has 0 bridgehead atoms. The number of piperazine rings is 1. The lowest BCUT2D eigenvalue weighted by Crippen LogP contribution is -2.53. The average molecular weight is 506 g/mol. The summed E-state index contributed by atoms with van der Waals surface area (Å²) in [6, 6.07) is 15.8. The molecule has 0 N–H and O–H groups in total. The quantitative estimate of drug-likeness (QED) is 0.577. The summed E-state index contributed by atoms with van der Waals surface area (Å²) >= 11 is 6.07. The number of halogens is 1. The number of hydrogen-bond donors (Lipinski definition) is 0. The summed E-state index contributed by atoms with van der Waals surface area (Å²) in [6.45, 7) is 3.98. The van der Waals surface area contributed by atoms with Crippen molar-refractivity contribution in [2.75, 3.05) is 52.9 Å². The average Bonchev–Trinajstić information content (AvgIpc) is 2.84. The first-order valence-electron chi connectivity index (χ1n) is 11.7. The lowest BCUT2D eigenvalue weighted by Gasteiger charge is -2.43. The van der Waals surface area contributed by atoms with Gasteiger partial charge in [0, 0.05) is 56.1 Å². The molecular formula is C25H32ClN3O4S. The SMILES string of the molecule is CN1CCN(C(=O)C[C@]2(COc3ccccc3)CCCN(S(=O)(=O)c3cccc(Cl)c3)C2)CC1. The molecule has 0 aliphatic carbocycles. The van der Waals surface area contributed by atoms with Crippen LogP contribution in [0.15, 0.2) is 59.5 Å². The van der Waals surface area contributed by atoms with E-state index in [0.29, 0.717) is 36.8 Å². The van der Waals surface area contributed by atoms with Crippen molar-refractivity contribution in [3.8, 4) is 5.75 Å². The number of hydrogen-bond acceptors (Lipinski definition) is 5. The molecule has 0 radical (unpaired) electrons. The molecule has 9 heteroatoms. The number of rotatable bonds is 7. The highest BCUT2D eigenvalue weighted by Gasteiger charge is 2.43.